The van der Waals surface area contributed by atoms with Crippen molar-refractivity contribution in [2.45, 2.75) is 26.8 Å². The number of aryl methyl sites for hydroxylation is 3. The van der Waals surface area contributed by atoms with E-state index in [0.29, 0.717) is 11.5 Å². The van der Waals surface area contributed by atoms with E-state index < -0.39 is 0 Å². The Morgan fingerprint density at radius 2 is 2.14 bits per heavy atom. The first-order valence-corrected chi connectivity index (χ1v) is 7.02. The molecule has 3 aromatic rings. The smallest absolute Gasteiger partial charge is 0.201 e. The molecule has 0 aliphatic rings. The summed E-state index contributed by atoms with van der Waals surface area (Å²) in [6.07, 6.45) is 0.938. The van der Waals surface area contributed by atoms with E-state index in [1.54, 1.807) is 6.07 Å². The minimum atomic E-state index is -0.262. The van der Waals surface area contributed by atoms with Gasteiger partial charge in [-0.25, -0.2) is 9.37 Å². The van der Waals surface area contributed by atoms with Crippen LogP contribution < -0.4 is 5.32 Å². The Morgan fingerprint density at radius 3 is 2.90 bits per heavy atom. The third-order valence-electron chi connectivity index (χ3n) is 3.39. The minimum absolute atomic E-state index is 0.262. The van der Waals surface area contributed by atoms with E-state index in [1.807, 2.05) is 11.6 Å². The predicted molar refractivity (Wildman–Crippen MR) is 80.9 cm³/mol. The number of aromatic amines is 1. The van der Waals surface area contributed by atoms with Crippen molar-refractivity contribution in [2.75, 3.05) is 11.9 Å². The number of benzene rings is 1. The van der Waals surface area contributed by atoms with Crippen LogP contribution in [0.25, 0.3) is 11.0 Å². The van der Waals surface area contributed by atoms with Crippen LogP contribution in [0.4, 0.5) is 10.3 Å². The lowest BCUT2D eigenvalue weighted by molar-refractivity contribution is 0.573. The highest BCUT2D eigenvalue weighted by Gasteiger charge is 2.04. The average molecular weight is 287 g/mol. The molecule has 2 N–H and O–H groups in total. The number of aromatic nitrogens is 4. The van der Waals surface area contributed by atoms with Gasteiger partial charge >= 0.3 is 0 Å². The van der Waals surface area contributed by atoms with Crippen molar-refractivity contribution in [2.24, 2.45) is 0 Å². The van der Waals surface area contributed by atoms with E-state index in [0.717, 1.165) is 30.7 Å². The molecular formula is C15H18FN5. The largest absolute Gasteiger partial charge is 0.356 e. The standard InChI is InChI=1S/C15H18FN5/c1-10-8-11(2)21(20-10)7-3-6-17-15-18-13-5-4-12(16)9-14(13)19-15/h4-5,8-9H,3,6-7H2,1-2H3,(H2,17,18,19). The second kappa shape index (κ2) is 5.55. The van der Waals surface area contributed by atoms with Crippen molar-refractivity contribution in [1.82, 2.24) is 19.7 Å². The highest BCUT2D eigenvalue weighted by Crippen LogP contribution is 2.15. The van der Waals surface area contributed by atoms with E-state index in [9.17, 15) is 4.39 Å². The third kappa shape index (κ3) is 3.04. The Morgan fingerprint density at radius 1 is 1.29 bits per heavy atom. The third-order valence-corrected chi connectivity index (χ3v) is 3.39. The number of nitrogens with one attached hydrogen (secondary N) is 2. The number of fused-ring (bicyclic) bond motifs is 1. The molecule has 2 heterocycles. The molecule has 0 atom stereocenters. The van der Waals surface area contributed by atoms with Gasteiger partial charge in [0, 0.05) is 18.8 Å². The molecule has 0 bridgehead atoms. The Kier molecular flexibility index (Phi) is 3.60. The Balaban J connectivity index is 1.55. The van der Waals surface area contributed by atoms with Gasteiger partial charge in [-0.3, -0.25) is 4.68 Å². The Labute approximate surface area is 122 Å². The van der Waals surface area contributed by atoms with E-state index in [2.05, 4.69) is 33.4 Å². The molecule has 6 heteroatoms. The summed E-state index contributed by atoms with van der Waals surface area (Å²) in [5, 5.41) is 7.64. The zero-order valence-corrected chi connectivity index (χ0v) is 12.2. The molecule has 0 radical (unpaired) electrons. The first-order chi connectivity index (χ1) is 10.1. The molecular weight excluding hydrogens is 269 g/mol. The van der Waals surface area contributed by atoms with E-state index in [-0.39, 0.29) is 5.82 Å². The van der Waals surface area contributed by atoms with Crippen LogP contribution in [0.3, 0.4) is 0 Å². The van der Waals surface area contributed by atoms with Gasteiger partial charge in [0.25, 0.3) is 0 Å². The predicted octanol–water partition coefficient (Wildman–Crippen LogP) is 3.02. The summed E-state index contributed by atoms with van der Waals surface area (Å²) in [5.41, 5.74) is 3.68. The lowest BCUT2D eigenvalue weighted by Gasteiger charge is -2.05. The van der Waals surface area contributed by atoms with Crippen molar-refractivity contribution in [3.8, 4) is 0 Å². The zero-order chi connectivity index (χ0) is 14.8. The summed E-state index contributed by atoms with van der Waals surface area (Å²) in [4.78, 5) is 7.43. The van der Waals surface area contributed by atoms with Crippen molar-refractivity contribution in [1.29, 1.82) is 0 Å². The van der Waals surface area contributed by atoms with Crippen molar-refractivity contribution in [3.05, 3.63) is 41.5 Å². The fraction of sp³-hybridized carbons (Fsp3) is 0.333. The molecule has 0 saturated carbocycles. The first kappa shape index (κ1) is 13.6. The van der Waals surface area contributed by atoms with Gasteiger partial charge in [0.05, 0.1) is 16.7 Å². The van der Waals surface area contributed by atoms with Gasteiger partial charge < -0.3 is 10.3 Å². The number of rotatable bonds is 5. The molecule has 0 aliphatic carbocycles. The molecule has 1 aromatic carbocycles. The van der Waals surface area contributed by atoms with Crippen molar-refractivity contribution >= 4 is 17.0 Å². The van der Waals surface area contributed by atoms with Gasteiger partial charge in [-0.15, -0.1) is 0 Å². The summed E-state index contributed by atoms with van der Waals surface area (Å²) >= 11 is 0. The molecule has 0 amide bonds. The fourth-order valence-corrected chi connectivity index (χ4v) is 2.40. The lowest BCUT2D eigenvalue weighted by Crippen LogP contribution is -2.09. The van der Waals surface area contributed by atoms with Crippen molar-refractivity contribution in [3.63, 3.8) is 0 Å². The van der Waals surface area contributed by atoms with Crippen LogP contribution in [-0.4, -0.2) is 26.3 Å². The van der Waals surface area contributed by atoms with Gasteiger partial charge in [0.2, 0.25) is 5.95 Å². The van der Waals surface area contributed by atoms with E-state index in [4.69, 9.17) is 0 Å². The van der Waals surface area contributed by atoms with E-state index >= 15 is 0 Å². The number of nitrogens with zero attached hydrogens (tertiary/aromatic N) is 3. The number of anilines is 1. The SMILES string of the molecule is Cc1cc(C)n(CCCNc2nc3ccc(F)cc3[nH]2)n1. The Hall–Kier alpha value is -2.37. The van der Waals surface area contributed by atoms with Gasteiger partial charge in [-0.2, -0.15) is 5.10 Å². The molecule has 21 heavy (non-hydrogen) atoms. The van der Waals surface area contributed by atoms with Crippen LogP contribution in [0.5, 0.6) is 0 Å². The van der Waals surface area contributed by atoms with E-state index in [1.165, 1.54) is 17.8 Å². The summed E-state index contributed by atoms with van der Waals surface area (Å²) in [5.74, 6) is 0.409. The maximum absolute atomic E-state index is 13.1. The molecule has 0 fully saturated rings. The number of halogens is 1. The highest BCUT2D eigenvalue weighted by atomic mass is 19.1. The quantitative estimate of drug-likeness (QED) is 0.709. The molecule has 3 rings (SSSR count). The zero-order valence-electron chi connectivity index (χ0n) is 12.2. The Bertz CT molecular complexity index is 759. The summed E-state index contributed by atoms with van der Waals surface area (Å²) in [7, 11) is 0. The summed E-state index contributed by atoms with van der Waals surface area (Å²) in [6, 6.07) is 6.60. The number of hydrogen-bond acceptors (Lipinski definition) is 3. The lowest BCUT2D eigenvalue weighted by atomic mass is 10.3. The number of imidazole rings is 1. The first-order valence-electron chi connectivity index (χ1n) is 7.02. The molecule has 0 saturated heterocycles. The fourth-order valence-electron chi connectivity index (χ4n) is 2.40. The maximum Gasteiger partial charge on any atom is 0.201 e. The van der Waals surface area contributed by atoms with Gasteiger partial charge in [-0.1, -0.05) is 0 Å². The summed E-state index contributed by atoms with van der Waals surface area (Å²) < 4.78 is 15.1. The van der Waals surface area contributed by atoms with Gasteiger partial charge in [-0.05, 0) is 44.5 Å². The van der Waals surface area contributed by atoms with Gasteiger partial charge in [0.15, 0.2) is 0 Å². The van der Waals surface area contributed by atoms with Crippen LogP contribution >= 0.6 is 0 Å². The normalized spacial score (nSPS) is 11.2. The van der Waals surface area contributed by atoms with Crippen molar-refractivity contribution < 1.29 is 4.39 Å². The molecule has 0 spiro atoms. The number of hydrogen-bond donors (Lipinski definition) is 2. The number of H-pyrrole nitrogens is 1. The molecule has 110 valence electrons. The topological polar surface area (TPSA) is 58.5 Å². The molecule has 0 unspecified atom stereocenters. The second-order valence-electron chi connectivity index (χ2n) is 5.18. The molecule has 5 nitrogen and oxygen atoms in total. The average Bonchev–Trinajstić information content (AvgIpc) is 2.97. The van der Waals surface area contributed by atoms with Crippen LogP contribution in [0.15, 0.2) is 24.3 Å². The molecule has 2 aromatic heterocycles. The highest BCUT2D eigenvalue weighted by molar-refractivity contribution is 5.77. The van der Waals surface area contributed by atoms with Gasteiger partial charge in [0.1, 0.15) is 5.82 Å². The second-order valence-corrected chi connectivity index (χ2v) is 5.18. The van der Waals surface area contributed by atoms with Crippen LogP contribution in [0, 0.1) is 19.7 Å². The summed E-state index contributed by atoms with van der Waals surface area (Å²) in [6.45, 7) is 5.69. The van der Waals surface area contributed by atoms with Crippen LogP contribution in [0.1, 0.15) is 17.8 Å². The molecule has 0 aliphatic heterocycles. The maximum atomic E-state index is 13.1. The van der Waals surface area contributed by atoms with Crippen LogP contribution in [-0.2, 0) is 6.54 Å². The minimum Gasteiger partial charge on any atom is -0.356 e. The monoisotopic (exact) mass is 287 g/mol. The van der Waals surface area contributed by atoms with Crippen LogP contribution in [0.2, 0.25) is 0 Å².